The number of rotatable bonds is 4. The monoisotopic (exact) mass is 296 g/mol. The van der Waals surface area contributed by atoms with E-state index < -0.39 is 0 Å². The van der Waals surface area contributed by atoms with Gasteiger partial charge in [-0.3, -0.25) is 14.5 Å². The molecule has 0 unspecified atom stereocenters. The van der Waals surface area contributed by atoms with Crippen LogP contribution in [0.2, 0.25) is 0 Å². The maximum absolute atomic E-state index is 12.1. The van der Waals surface area contributed by atoms with Crippen molar-refractivity contribution in [1.82, 2.24) is 10.2 Å². The van der Waals surface area contributed by atoms with Gasteiger partial charge >= 0.3 is 5.97 Å². The predicted molar refractivity (Wildman–Crippen MR) is 80.7 cm³/mol. The molecule has 0 aromatic heterocycles. The van der Waals surface area contributed by atoms with Crippen LogP contribution in [0, 0.1) is 11.8 Å². The number of amides is 1. The van der Waals surface area contributed by atoms with Gasteiger partial charge in [-0.1, -0.05) is 6.92 Å². The lowest BCUT2D eigenvalue weighted by molar-refractivity contribution is -0.147. The van der Waals surface area contributed by atoms with E-state index in [1.807, 2.05) is 0 Å². The van der Waals surface area contributed by atoms with E-state index in [0.717, 1.165) is 44.7 Å². The molecule has 0 radical (unpaired) electrons. The molecular formula is C16H28N2O3. The molecule has 21 heavy (non-hydrogen) atoms. The standard InChI is InChI=1S/C16H28N2O3/c1-12-3-5-14(6-4-12)17-15(19)11-18-9-7-13(8-10-18)16(20)21-2/h12-14H,3-11H2,1-2H3,(H,17,19). The Bertz CT molecular complexity index is 357. The van der Waals surface area contributed by atoms with E-state index in [-0.39, 0.29) is 17.8 Å². The van der Waals surface area contributed by atoms with E-state index in [1.54, 1.807) is 0 Å². The molecule has 5 heteroatoms. The Morgan fingerprint density at radius 3 is 2.29 bits per heavy atom. The fourth-order valence-corrected chi connectivity index (χ4v) is 3.37. The quantitative estimate of drug-likeness (QED) is 0.800. The molecule has 1 amide bonds. The fraction of sp³-hybridized carbons (Fsp3) is 0.875. The van der Waals surface area contributed by atoms with Crippen molar-refractivity contribution >= 4 is 11.9 Å². The first-order valence-corrected chi connectivity index (χ1v) is 8.18. The number of hydrogen-bond acceptors (Lipinski definition) is 4. The molecular weight excluding hydrogens is 268 g/mol. The van der Waals surface area contributed by atoms with E-state index in [4.69, 9.17) is 4.74 Å². The average Bonchev–Trinajstić information content (AvgIpc) is 2.49. The molecule has 2 rings (SSSR count). The third-order valence-corrected chi connectivity index (χ3v) is 4.87. The lowest BCUT2D eigenvalue weighted by Crippen LogP contribution is -2.46. The van der Waals surface area contributed by atoms with Crippen molar-refractivity contribution in [3.05, 3.63) is 0 Å². The van der Waals surface area contributed by atoms with E-state index in [2.05, 4.69) is 17.1 Å². The van der Waals surface area contributed by atoms with Gasteiger partial charge in [-0.2, -0.15) is 0 Å². The molecule has 2 fully saturated rings. The maximum atomic E-state index is 12.1. The third kappa shape index (κ3) is 4.99. The highest BCUT2D eigenvalue weighted by atomic mass is 16.5. The highest BCUT2D eigenvalue weighted by Gasteiger charge is 2.27. The van der Waals surface area contributed by atoms with E-state index in [0.29, 0.717) is 12.6 Å². The molecule has 1 heterocycles. The first-order chi connectivity index (χ1) is 10.1. The maximum Gasteiger partial charge on any atom is 0.308 e. The van der Waals surface area contributed by atoms with Crippen molar-refractivity contribution in [2.75, 3.05) is 26.7 Å². The molecule has 1 saturated heterocycles. The van der Waals surface area contributed by atoms with Gasteiger partial charge in [-0.15, -0.1) is 0 Å². The van der Waals surface area contributed by atoms with E-state index >= 15 is 0 Å². The molecule has 0 aromatic rings. The second kappa shape index (κ2) is 7.78. The van der Waals surface area contributed by atoms with Crippen LogP contribution in [0.5, 0.6) is 0 Å². The summed E-state index contributed by atoms with van der Waals surface area (Å²) < 4.78 is 4.78. The number of carbonyl (C=O) groups excluding carboxylic acids is 2. The topological polar surface area (TPSA) is 58.6 Å². The van der Waals surface area contributed by atoms with E-state index in [9.17, 15) is 9.59 Å². The summed E-state index contributed by atoms with van der Waals surface area (Å²) >= 11 is 0. The van der Waals surface area contributed by atoms with Gasteiger partial charge in [0.25, 0.3) is 0 Å². The second-order valence-corrected chi connectivity index (χ2v) is 6.60. The minimum absolute atomic E-state index is 0.00847. The summed E-state index contributed by atoms with van der Waals surface area (Å²) in [5.74, 6) is 0.825. The van der Waals surface area contributed by atoms with E-state index in [1.165, 1.54) is 20.0 Å². The van der Waals surface area contributed by atoms with Gasteiger partial charge in [0.1, 0.15) is 0 Å². The van der Waals surface area contributed by atoms with Crippen molar-refractivity contribution in [1.29, 1.82) is 0 Å². The molecule has 0 bridgehead atoms. The summed E-state index contributed by atoms with van der Waals surface area (Å²) in [7, 11) is 1.44. The van der Waals surface area contributed by atoms with Gasteiger partial charge in [0.05, 0.1) is 19.6 Å². The Kier molecular flexibility index (Phi) is 6.03. The van der Waals surface area contributed by atoms with Crippen LogP contribution in [0.15, 0.2) is 0 Å². The minimum atomic E-state index is -0.115. The Labute approximate surface area is 127 Å². The van der Waals surface area contributed by atoms with Crippen molar-refractivity contribution in [3.63, 3.8) is 0 Å². The average molecular weight is 296 g/mol. The number of methoxy groups -OCH3 is 1. The lowest BCUT2D eigenvalue weighted by Gasteiger charge is -2.31. The van der Waals surface area contributed by atoms with Crippen LogP contribution in [0.1, 0.15) is 45.4 Å². The van der Waals surface area contributed by atoms with Crippen molar-refractivity contribution < 1.29 is 14.3 Å². The third-order valence-electron chi connectivity index (χ3n) is 4.87. The molecule has 0 spiro atoms. The summed E-state index contributed by atoms with van der Waals surface area (Å²) in [6.45, 7) is 4.34. The van der Waals surface area contributed by atoms with Crippen molar-refractivity contribution in [2.24, 2.45) is 11.8 Å². The molecule has 120 valence electrons. The molecule has 5 nitrogen and oxygen atoms in total. The van der Waals surface area contributed by atoms with Crippen LogP contribution < -0.4 is 5.32 Å². The molecule has 1 N–H and O–H groups in total. The summed E-state index contributed by atoms with van der Waals surface area (Å²) in [5.41, 5.74) is 0. The number of likely N-dealkylation sites (tertiary alicyclic amines) is 1. The number of ether oxygens (including phenoxy) is 1. The molecule has 2 aliphatic rings. The zero-order valence-corrected chi connectivity index (χ0v) is 13.3. The SMILES string of the molecule is COC(=O)C1CCN(CC(=O)NC2CCC(C)CC2)CC1. The summed E-state index contributed by atoms with van der Waals surface area (Å²) in [6, 6.07) is 0.362. The summed E-state index contributed by atoms with van der Waals surface area (Å²) in [6.07, 6.45) is 6.24. The molecule has 1 aliphatic carbocycles. The molecule has 0 atom stereocenters. The number of nitrogens with one attached hydrogen (secondary N) is 1. The summed E-state index contributed by atoms with van der Waals surface area (Å²) in [4.78, 5) is 25.7. The van der Waals surface area contributed by atoms with Gasteiger partial charge in [0.2, 0.25) is 5.91 Å². The van der Waals surface area contributed by atoms with Crippen LogP contribution in [0.4, 0.5) is 0 Å². The normalized spacial score (nSPS) is 28.1. The van der Waals surface area contributed by atoms with Gasteiger partial charge in [0.15, 0.2) is 0 Å². The Morgan fingerprint density at radius 1 is 1.10 bits per heavy atom. The Hall–Kier alpha value is -1.10. The first-order valence-electron chi connectivity index (χ1n) is 8.18. The largest absolute Gasteiger partial charge is 0.469 e. The van der Waals surface area contributed by atoms with Gasteiger partial charge in [-0.05, 0) is 57.5 Å². The zero-order valence-electron chi connectivity index (χ0n) is 13.3. The first kappa shape index (κ1) is 16.3. The number of piperidine rings is 1. The number of carbonyl (C=O) groups is 2. The van der Waals surface area contributed by atoms with Crippen molar-refractivity contribution in [2.45, 2.75) is 51.5 Å². The van der Waals surface area contributed by atoms with Crippen LogP contribution in [-0.2, 0) is 14.3 Å². The highest BCUT2D eigenvalue weighted by molar-refractivity contribution is 5.78. The molecule has 0 aromatic carbocycles. The van der Waals surface area contributed by atoms with Crippen LogP contribution >= 0.6 is 0 Å². The van der Waals surface area contributed by atoms with Gasteiger partial charge < -0.3 is 10.1 Å². The van der Waals surface area contributed by atoms with Crippen LogP contribution in [0.3, 0.4) is 0 Å². The highest BCUT2D eigenvalue weighted by Crippen LogP contribution is 2.23. The zero-order chi connectivity index (χ0) is 15.2. The smallest absolute Gasteiger partial charge is 0.308 e. The number of esters is 1. The second-order valence-electron chi connectivity index (χ2n) is 6.60. The lowest BCUT2D eigenvalue weighted by atomic mass is 9.87. The van der Waals surface area contributed by atoms with Crippen molar-refractivity contribution in [3.8, 4) is 0 Å². The molecule has 1 saturated carbocycles. The molecule has 1 aliphatic heterocycles. The predicted octanol–water partition coefficient (Wildman–Crippen LogP) is 1.57. The van der Waals surface area contributed by atoms with Crippen LogP contribution in [-0.4, -0.2) is 49.6 Å². The van der Waals surface area contributed by atoms with Gasteiger partial charge in [-0.25, -0.2) is 0 Å². The van der Waals surface area contributed by atoms with Gasteiger partial charge in [0, 0.05) is 6.04 Å². The summed E-state index contributed by atoms with van der Waals surface area (Å²) in [5, 5.41) is 3.16. The number of nitrogens with zero attached hydrogens (tertiary/aromatic N) is 1. The number of hydrogen-bond donors (Lipinski definition) is 1. The minimum Gasteiger partial charge on any atom is -0.469 e. The van der Waals surface area contributed by atoms with Crippen LogP contribution in [0.25, 0.3) is 0 Å². The Balaban J connectivity index is 1.66. The Morgan fingerprint density at radius 2 is 1.71 bits per heavy atom. The fourth-order valence-electron chi connectivity index (χ4n) is 3.37.